The molecule has 5 nitrogen and oxygen atoms in total. The second kappa shape index (κ2) is 11.5. The Balaban J connectivity index is 1.19. The third-order valence-electron chi connectivity index (χ3n) is 9.96. The standard InChI is InChI=1S/C45H27N5/c46-26-29-16-23-43-39(24-29)38-11-3-6-15-42(38)50(43)45-34(28-48)8-7-12-35(45)31-19-17-30(18-20-31)32-21-22-33(27-47)44(25-32)49-40-13-4-1-9-36(40)37-10-2-5-14-41(37)49/h1-15,17-22,24-25H,16,23H2. The molecule has 8 aromatic rings. The molecule has 232 valence electrons. The van der Waals surface area contributed by atoms with Crippen molar-refractivity contribution in [3.05, 3.63) is 161 Å². The zero-order valence-corrected chi connectivity index (χ0v) is 26.9. The lowest BCUT2D eigenvalue weighted by Crippen LogP contribution is -2.08. The monoisotopic (exact) mass is 637 g/mol. The van der Waals surface area contributed by atoms with Gasteiger partial charge in [0.25, 0.3) is 0 Å². The Hall–Kier alpha value is -7.13. The summed E-state index contributed by atoms with van der Waals surface area (Å²) < 4.78 is 4.42. The van der Waals surface area contributed by atoms with Crippen molar-refractivity contribution in [2.45, 2.75) is 12.8 Å². The number of fused-ring (bicyclic) bond motifs is 6. The number of hydrogen-bond acceptors (Lipinski definition) is 3. The molecule has 2 heterocycles. The van der Waals surface area contributed by atoms with Gasteiger partial charge in [0.1, 0.15) is 12.1 Å². The summed E-state index contributed by atoms with van der Waals surface area (Å²) in [4.78, 5) is 0. The maximum atomic E-state index is 10.4. The summed E-state index contributed by atoms with van der Waals surface area (Å²) >= 11 is 0. The highest BCUT2D eigenvalue weighted by Gasteiger charge is 2.24. The summed E-state index contributed by atoms with van der Waals surface area (Å²) in [6.07, 6.45) is 3.39. The van der Waals surface area contributed by atoms with Gasteiger partial charge in [-0.15, -0.1) is 0 Å². The fourth-order valence-electron chi connectivity index (χ4n) is 7.69. The molecule has 0 radical (unpaired) electrons. The van der Waals surface area contributed by atoms with Crippen molar-refractivity contribution >= 4 is 38.8 Å². The van der Waals surface area contributed by atoms with Gasteiger partial charge in [-0.1, -0.05) is 97.1 Å². The molecule has 0 N–H and O–H groups in total. The van der Waals surface area contributed by atoms with Gasteiger partial charge in [0.05, 0.1) is 45.1 Å². The highest BCUT2D eigenvalue weighted by atomic mass is 15.0. The summed E-state index contributed by atoms with van der Waals surface area (Å²) in [6, 6.07) is 52.5. The molecule has 5 heteroatoms. The van der Waals surface area contributed by atoms with Crippen molar-refractivity contribution in [1.29, 1.82) is 15.8 Å². The summed E-state index contributed by atoms with van der Waals surface area (Å²) in [5.74, 6) is 0. The number of nitrogens with zero attached hydrogens (tertiary/aromatic N) is 5. The largest absolute Gasteiger partial charge is 0.311 e. The normalized spacial score (nSPS) is 12.3. The first-order valence-corrected chi connectivity index (χ1v) is 16.6. The molecule has 0 bridgehead atoms. The van der Waals surface area contributed by atoms with E-state index in [-0.39, 0.29) is 0 Å². The Morgan fingerprint density at radius 1 is 0.480 bits per heavy atom. The van der Waals surface area contributed by atoms with Crippen molar-refractivity contribution in [2.24, 2.45) is 0 Å². The Morgan fingerprint density at radius 2 is 1.08 bits per heavy atom. The Morgan fingerprint density at radius 3 is 1.74 bits per heavy atom. The lowest BCUT2D eigenvalue weighted by molar-refractivity contribution is 0.870. The van der Waals surface area contributed by atoms with E-state index in [0.29, 0.717) is 24.0 Å². The van der Waals surface area contributed by atoms with Crippen molar-refractivity contribution in [2.75, 3.05) is 0 Å². The molecular weight excluding hydrogens is 611 g/mol. The lowest BCUT2D eigenvalue weighted by atomic mass is 9.95. The van der Waals surface area contributed by atoms with Gasteiger partial charge in [0, 0.05) is 38.6 Å². The van der Waals surface area contributed by atoms with Gasteiger partial charge < -0.3 is 9.13 Å². The first kappa shape index (κ1) is 29.0. The van der Waals surface area contributed by atoms with Gasteiger partial charge in [-0.25, -0.2) is 0 Å². The van der Waals surface area contributed by atoms with Gasteiger partial charge in [-0.05, 0) is 72.0 Å². The number of allylic oxidation sites excluding steroid dienone is 1. The minimum Gasteiger partial charge on any atom is -0.311 e. The first-order valence-electron chi connectivity index (χ1n) is 16.6. The zero-order chi connectivity index (χ0) is 33.8. The van der Waals surface area contributed by atoms with Gasteiger partial charge in [-0.2, -0.15) is 15.8 Å². The molecule has 1 aliphatic carbocycles. The van der Waals surface area contributed by atoms with E-state index < -0.39 is 0 Å². The van der Waals surface area contributed by atoms with E-state index in [0.717, 1.165) is 83.2 Å². The molecular formula is C45H27N5. The van der Waals surface area contributed by atoms with Crippen LogP contribution < -0.4 is 0 Å². The number of para-hydroxylation sites is 4. The van der Waals surface area contributed by atoms with E-state index in [1.165, 1.54) is 0 Å². The van der Waals surface area contributed by atoms with E-state index in [9.17, 15) is 15.8 Å². The van der Waals surface area contributed by atoms with Crippen LogP contribution in [0.3, 0.4) is 0 Å². The third-order valence-corrected chi connectivity index (χ3v) is 9.96. The quantitative estimate of drug-likeness (QED) is 0.193. The van der Waals surface area contributed by atoms with Crippen LogP contribution in [0.4, 0.5) is 0 Å². The Labute approximate surface area is 289 Å². The predicted molar refractivity (Wildman–Crippen MR) is 200 cm³/mol. The second-order valence-corrected chi connectivity index (χ2v) is 12.6. The van der Waals surface area contributed by atoms with E-state index in [1.807, 2.05) is 54.6 Å². The third kappa shape index (κ3) is 4.37. The molecule has 0 atom stereocenters. The number of aromatic nitrogens is 2. The highest BCUT2D eigenvalue weighted by Crippen LogP contribution is 2.41. The summed E-state index contributed by atoms with van der Waals surface area (Å²) in [7, 11) is 0. The van der Waals surface area contributed by atoms with E-state index in [2.05, 4.69) is 112 Å². The van der Waals surface area contributed by atoms with Crippen LogP contribution in [0, 0.1) is 34.0 Å². The molecule has 2 aromatic heterocycles. The molecule has 1 aliphatic rings. The van der Waals surface area contributed by atoms with Crippen molar-refractivity contribution in [3.8, 4) is 51.8 Å². The van der Waals surface area contributed by atoms with Crippen LogP contribution in [0.15, 0.2) is 139 Å². The molecule has 9 rings (SSSR count). The maximum Gasteiger partial charge on any atom is 0.101 e. The molecule has 0 unspecified atom stereocenters. The second-order valence-electron chi connectivity index (χ2n) is 12.6. The molecule has 0 saturated heterocycles. The zero-order valence-electron chi connectivity index (χ0n) is 26.9. The van der Waals surface area contributed by atoms with E-state index >= 15 is 0 Å². The molecule has 0 aliphatic heterocycles. The van der Waals surface area contributed by atoms with Crippen LogP contribution in [0.5, 0.6) is 0 Å². The molecule has 0 amide bonds. The fraction of sp³-hybridized carbons (Fsp3) is 0.0444. The smallest absolute Gasteiger partial charge is 0.101 e. The average Bonchev–Trinajstić information content (AvgIpc) is 3.69. The van der Waals surface area contributed by atoms with Crippen LogP contribution in [-0.4, -0.2) is 9.13 Å². The summed E-state index contributed by atoms with van der Waals surface area (Å²) in [5.41, 5.74) is 12.9. The van der Waals surface area contributed by atoms with Crippen LogP contribution >= 0.6 is 0 Å². The SMILES string of the molecule is N#CC1=Cc2c(n(-c3c(C#N)cccc3-c3ccc(-c4ccc(C#N)c(-n5c6ccccc6c6ccccc65)c4)cc3)c3ccccc23)CC1. The molecule has 0 fully saturated rings. The predicted octanol–water partition coefficient (Wildman–Crippen LogP) is 10.7. The van der Waals surface area contributed by atoms with Crippen molar-refractivity contribution in [3.63, 3.8) is 0 Å². The van der Waals surface area contributed by atoms with Crippen LogP contribution in [0.2, 0.25) is 0 Å². The summed E-state index contributed by atoms with van der Waals surface area (Å²) in [5, 5.41) is 33.6. The minimum atomic E-state index is 0.591. The lowest BCUT2D eigenvalue weighted by Gasteiger charge is -2.19. The van der Waals surface area contributed by atoms with Crippen LogP contribution in [0.1, 0.15) is 28.8 Å². The van der Waals surface area contributed by atoms with Crippen molar-refractivity contribution in [1.82, 2.24) is 9.13 Å². The molecule has 6 aromatic carbocycles. The fourth-order valence-corrected chi connectivity index (χ4v) is 7.69. The van der Waals surface area contributed by atoms with Crippen molar-refractivity contribution < 1.29 is 0 Å². The first-order chi connectivity index (χ1) is 24.7. The van der Waals surface area contributed by atoms with Crippen LogP contribution in [0.25, 0.3) is 72.4 Å². The molecule has 50 heavy (non-hydrogen) atoms. The number of hydrogen-bond donors (Lipinski definition) is 0. The van der Waals surface area contributed by atoms with Gasteiger partial charge in [0.15, 0.2) is 0 Å². The van der Waals surface area contributed by atoms with Gasteiger partial charge in [-0.3, -0.25) is 0 Å². The molecule has 0 saturated carbocycles. The number of nitriles is 3. The average molecular weight is 638 g/mol. The Bertz CT molecular complexity index is 2790. The highest BCUT2D eigenvalue weighted by molar-refractivity contribution is 6.09. The maximum absolute atomic E-state index is 10.4. The van der Waals surface area contributed by atoms with Gasteiger partial charge in [0.2, 0.25) is 0 Å². The van der Waals surface area contributed by atoms with Gasteiger partial charge >= 0.3 is 0 Å². The van der Waals surface area contributed by atoms with E-state index in [4.69, 9.17) is 0 Å². The molecule has 0 spiro atoms. The number of rotatable bonds is 4. The topological polar surface area (TPSA) is 81.2 Å². The van der Waals surface area contributed by atoms with E-state index in [1.54, 1.807) is 0 Å². The minimum absolute atomic E-state index is 0.591. The van der Waals surface area contributed by atoms with Crippen LogP contribution in [-0.2, 0) is 6.42 Å². The summed E-state index contributed by atoms with van der Waals surface area (Å²) in [6.45, 7) is 0. The number of benzene rings is 6. The Kier molecular flexibility index (Phi) is 6.70.